The van der Waals surface area contributed by atoms with Crippen molar-refractivity contribution in [1.82, 2.24) is 9.80 Å². The van der Waals surface area contributed by atoms with Crippen molar-refractivity contribution in [2.45, 2.75) is 13.0 Å². The Morgan fingerprint density at radius 3 is 2.67 bits per heavy atom. The molecule has 1 heterocycles. The Morgan fingerprint density at radius 1 is 1.67 bits per heavy atom. The van der Waals surface area contributed by atoms with Gasteiger partial charge in [0.15, 0.2) is 0 Å². The summed E-state index contributed by atoms with van der Waals surface area (Å²) < 4.78 is 0. The van der Waals surface area contributed by atoms with E-state index in [2.05, 4.69) is 11.9 Å². The third-order valence-electron chi connectivity index (χ3n) is 2.41. The van der Waals surface area contributed by atoms with Gasteiger partial charge in [-0.1, -0.05) is 0 Å². The highest BCUT2D eigenvalue weighted by molar-refractivity contribution is 5.74. The van der Waals surface area contributed by atoms with Crippen LogP contribution in [0.4, 0.5) is 0 Å². The van der Waals surface area contributed by atoms with Gasteiger partial charge in [-0.15, -0.1) is 0 Å². The first kappa shape index (κ1) is 9.48. The molecule has 1 fully saturated rings. The molecule has 4 nitrogen and oxygen atoms in total. The highest BCUT2D eigenvalue weighted by atomic mass is 16.2. The molecule has 0 spiro atoms. The van der Waals surface area contributed by atoms with Gasteiger partial charge in [-0.25, -0.2) is 0 Å². The molecule has 70 valence electrons. The third kappa shape index (κ3) is 1.95. The molecule has 0 bridgehead atoms. The first-order valence-electron chi connectivity index (χ1n) is 4.31. The molecule has 12 heavy (non-hydrogen) atoms. The molecule has 0 aromatic rings. The Balaban J connectivity index is 2.20. The highest BCUT2D eigenvalue weighted by Gasteiger charge is 2.30. The molecule has 1 rings (SSSR count). The predicted octanol–water partition coefficient (Wildman–Crippen LogP) is -0.892. The van der Waals surface area contributed by atoms with Gasteiger partial charge in [0.2, 0.25) is 5.91 Å². The number of nitrogens with two attached hydrogens (primary N) is 1. The van der Waals surface area contributed by atoms with Crippen LogP contribution in [0.2, 0.25) is 0 Å². The number of carbonyl (C=O) groups is 1. The zero-order chi connectivity index (χ0) is 9.14. The van der Waals surface area contributed by atoms with Crippen LogP contribution in [0.15, 0.2) is 0 Å². The predicted molar refractivity (Wildman–Crippen MR) is 47.7 cm³/mol. The van der Waals surface area contributed by atoms with Crippen LogP contribution in [0.25, 0.3) is 0 Å². The molecule has 0 atom stereocenters. The zero-order valence-electron chi connectivity index (χ0n) is 7.79. The van der Waals surface area contributed by atoms with Crippen LogP contribution in [0, 0.1) is 0 Å². The number of rotatable bonds is 3. The van der Waals surface area contributed by atoms with E-state index in [0.29, 0.717) is 12.6 Å². The first-order chi connectivity index (χ1) is 5.65. The molecule has 1 aliphatic rings. The van der Waals surface area contributed by atoms with Crippen molar-refractivity contribution in [2.75, 3.05) is 33.2 Å². The van der Waals surface area contributed by atoms with E-state index < -0.39 is 0 Å². The van der Waals surface area contributed by atoms with Crippen molar-refractivity contribution in [3.05, 3.63) is 0 Å². The average molecular weight is 171 g/mol. The third-order valence-corrected chi connectivity index (χ3v) is 2.41. The minimum absolute atomic E-state index is 0.174. The van der Waals surface area contributed by atoms with Crippen molar-refractivity contribution < 1.29 is 4.79 Å². The van der Waals surface area contributed by atoms with Crippen molar-refractivity contribution in [3.63, 3.8) is 0 Å². The van der Waals surface area contributed by atoms with E-state index in [-0.39, 0.29) is 5.91 Å². The van der Waals surface area contributed by atoms with Gasteiger partial charge in [0, 0.05) is 39.1 Å². The Morgan fingerprint density at radius 2 is 2.25 bits per heavy atom. The van der Waals surface area contributed by atoms with Crippen LogP contribution in [-0.2, 0) is 4.79 Å². The Hall–Kier alpha value is -0.610. The van der Waals surface area contributed by atoms with Crippen LogP contribution in [0.5, 0.6) is 0 Å². The lowest BCUT2D eigenvalue weighted by molar-refractivity contribution is -0.135. The van der Waals surface area contributed by atoms with Gasteiger partial charge in [0.25, 0.3) is 0 Å². The molecule has 0 aliphatic carbocycles. The molecule has 0 radical (unpaired) electrons. The molecule has 0 unspecified atom stereocenters. The summed E-state index contributed by atoms with van der Waals surface area (Å²) in [5.41, 5.74) is 5.42. The maximum atomic E-state index is 10.8. The summed E-state index contributed by atoms with van der Waals surface area (Å²) in [6.07, 6.45) is 0. The highest BCUT2D eigenvalue weighted by Crippen LogP contribution is 2.12. The SMILES string of the molecule is CC(=O)N1CC(N(C)CCN)C1. The van der Waals surface area contributed by atoms with E-state index >= 15 is 0 Å². The molecule has 0 aromatic carbocycles. The maximum Gasteiger partial charge on any atom is 0.219 e. The Kier molecular flexibility index (Phi) is 3.05. The van der Waals surface area contributed by atoms with E-state index in [9.17, 15) is 4.79 Å². The lowest BCUT2D eigenvalue weighted by atomic mass is 10.1. The lowest BCUT2D eigenvalue weighted by Crippen LogP contribution is -2.60. The molecule has 1 aliphatic heterocycles. The summed E-state index contributed by atoms with van der Waals surface area (Å²) in [7, 11) is 2.05. The van der Waals surface area contributed by atoms with Gasteiger partial charge in [0.1, 0.15) is 0 Å². The maximum absolute atomic E-state index is 10.8. The molecule has 0 saturated carbocycles. The van der Waals surface area contributed by atoms with Crippen LogP contribution < -0.4 is 5.73 Å². The van der Waals surface area contributed by atoms with Crippen molar-refractivity contribution >= 4 is 5.91 Å². The van der Waals surface area contributed by atoms with Crippen LogP contribution in [0.1, 0.15) is 6.92 Å². The Bertz CT molecular complexity index is 166. The minimum atomic E-state index is 0.174. The molecule has 2 N–H and O–H groups in total. The van der Waals surface area contributed by atoms with Crippen molar-refractivity contribution in [3.8, 4) is 0 Å². The number of hydrogen-bond donors (Lipinski definition) is 1. The number of likely N-dealkylation sites (tertiary alicyclic amines) is 1. The molecular formula is C8H17N3O. The van der Waals surface area contributed by atoms with Gasteiger partial charge in [0.05, 0.1) is 0 Å². The number of carbonyl (C=O) groups excluding carboxylic acids is 1. The van der Waals surface area contributed by atoms with Gasteiger partial charge in [-0.3, -0.25) is 9.69 Å². The first-order valence-corrected chi connectivity index (χ1v) is 4.31. The van der Waals surface area contributed by atoms with E-state index in [4.69, 9.17) is 5.73 Å². The van der Waals surface area contributed by atoms with E-state index in [0.717, 1.165) is 19.6 Å². The van der Waals surface area contributed by atoms with E-state index in [1.54, 1.807) is 6.92 Å². The fourth-order valence-electron chi connectivity index (χ4n) is 1.38. The summed E-state index contributed by atoms with van der Waals surface area (Å²) in [6.45, 7) is 4.94. The summed E-state index contributed by atoms with van der Waals surface area (Å²) in [5.74, 6) is 0.174. The lowest BCUT2D eigenvalue weighted by Gasteiger charge is -2.43. The van der Waals surface area contributed by atoms with E-state index in [1.165, 1.54) is 0 Å². The number of hydrogen-bond acceptors (Lipinski definition) is 3. The molecular weight excluding hydrogens is 154 g/mol. The Labute approximate surface area is 73.3 Å². The molecule has 1 amide bonds. The fourth-order valence-corrected chi connectivity index (χ4v) is 1.38. The number of amides is 1. The van der Waals surface area contributed by atoms with Gasteiger partial charge in [-0.2, -0.15) is 0 Å². The topological polar surface area (TPSA) is 49.6 Å². The summed E-state index contributed by atoms with van der Waals surface area (Å²) in [5, 5.41) is 0. The van der Waals surface area contributed by atoms with Gasteiger partial charge in [-0.05, 0) is 7.05 Å². The van der Waals surface area contributed by atoms with Gasteiger partial charge < -0.3 is 10.6 Å². The summed E-state index contributed by atoms with van der Waals surface area (Å²) >= 11 is 0. The zero-order valence-corrected chi connectivity index (χ0v) is 7.79. The van der Waals surface area contributed by atoms with Crippen LogP contribution in [0.3, 0.4) is 0 Å². The van der Waals surface area contributed by atoms with E-state index in [1.807, 2.05) is 4.90 Å². The van der Waals surface area contributed by atoms with Crippen molar-refractivity contribution in [1.29, 1.82) is 0 Å². The van der Waals surface area contributed by atoms with Crippen molar-refractivity contribution in [2.24, 2.45) is 5.73 Å². The second kappa shape index (κ2) is 3.87. The molecule has 1 saturated heterocycles. The summed E-state index contributed by atoms with van der Waals surface area (Å²) in [4.78, 5) is 14.9. The summed E-state index contributed by atoms with van der Waals surface area (Å²) in [6, 6.07) is 0.525. The molecule has 4 heteroatoms. The average Bonchev–Trinajstić information content (AvgIpc) is 1.82. The normalized spacial score (nSPS) is 18.2. The standard InChI is InChI=1S/C8H17N3O/c1-7(12)11-5-8(6-11)10(2)4-3-9/h8H,3-6,9H2,1-2H3. The van der Waals surface area contributed by atoms with Crippen LogP contribution >= 0.6 is 0 Å². The quantitative estimate of drug-likeness (QED) is 0.599. The number of likely N-dealkylation sites (N-methyl/N-ethyl adjacent to an activating group) is 1. The fraction of sp³-hybridized carbons (Fsp3) is 0.875. The second-order valence-electron chi connectivity index (χ2n) is 3.35. The van der Waals surface area contributed by atoms with Gasteiger partial charge >= 0.3 is 0 Å². The molecule has 0 aromatic heterocycles. The smallest absolute Gasteiger partial charge is 0.219 e. The number of nitrogens with zero attached hydrogens (tertiary/aromatic N) is 2. The minimum Gasteiger partial charge on any atom is -0.340 e. The second-order valence-corrected chi connectivity index (χ2v) is 3.35. The van der Waals surface area contributed by atoms with Crippen LogP contribution in [-0.4, -0.2) is 55.0 Å². The largest absolute Gasteiger partial charge is 0.340 e. The monoisotopic (exact) mass is 171 g/mol.